The number of aromatic nitrogens is 2. The van der Waals surface area contributed by atoms with Crippen molar-refractivity contribution < 1.29 is 14.4 Å². The number of benzene rings is 2. The first-order valence-electron chi connectivity index (χ1n) is 7.46. The summed E-state index contributed by atoms with van der Waals surface area (Å²) in [5.41, 5.74) is 2.29. The Hall–Kier alpha value is -2.33. The normalized spacial score (nSPS) is 12.5. The fourth-order valence-corrected chi connectivity index (χ4v) is 2.71. The van der Waals surface area contributed by atoms with Gasteiger partial charge in [-0.3, -0.25) is 0 Å². The SMILES string of the molecule is Cc1n(C[C@@H](O)COc2ccccc2)c2ccccc2[n+]1C. The number of nitrogens with zero attached hydrogens (tertiary/aromatic N) is 2. The van der Waals surface area contributed by atoms with Crippen LogP contribution >= 0.6 is 0 Å². The van der Waals surface area contributed by atoms with Crippen molar-refractivity contribution in [2.75, 3.05) is 6.61 Å². The van der Waals surface area contributed by atoms with Crippen molar-refractivity contribution in [3.05, 3.63) is 60.4 Å². The second-order valence-electron chi connectivity index (χ2n) is 5.48. The Kier molecular flexibility index (Phi) is 4.11. The lowest BCUT2D eigenvalue weighted by Crippen LogP contribution is -2.32. The van der Waals surface area contributed by atoms with Crippen LogP contribution in [-0.2, 0) is 13.6 Å². The minimum Gasteiger partial charge on any atom is -0.491 e. The van der Waals surface area contributed by atoms with Gasteiger partial charge < -0.3 is 9.84 Å². The largest absolute Gasteiger partial charge is 0.491 e. The van der Waals surface area contributed by atoms with Crippen molar-refractivity contribution in [3.8, 4) is 5.75 Å². The quantitative estimate of drug-likeness (QED) is 0.733. The van der Waals surface area contributed by atoms with Gasteiger partial charge in [0.2, 0.25) is 0 Å². The van der Waals surface area contributed by atoms with Crippen LogP contribution in [0.15, 0.2) is 54.6 Å². The zero-order chi connectivity index (χ0) is 15.5. The van der Waals surface area contributed by atoms with Gasteiger partial charge in [0.25, 0.3) is 5.82 Å². The maximum absolute atomic E-state index is 10.3. The van der Waals surface area contributed by atoms with E-state index in [4.69, 9.17) is 4.74 Å². The van der Waals surface area contributed by atoms with E-state index in [1.54, 1.807) is 0 Å². The summed E-state index contributed by atoms with van der Waals surface area (Å²) in [6.45, 7) is 2.85. The van der Waals surface area contributed by atoms with Crippen molar-refractivity contribution in [1.29, 1.82) is 0 Å². The van der Waals surface area contributed by atoms with Gasteiger partial charge >= 0.3 is 0 Å². The molecule has 0 saturated heterocycles. The van der Waals surface area contributed by atoms with E-state index in [2.05, 4.69) is 28.2 Å². The Bertz CT molecular complexity index is 765. The predicted molar refractivity (Wildman–Crippen MR) is 85.8 cm³/mol. The summed E-state index contributed by atoms with van der Waals surface area (Å²) in [4.78, 5) is 0. The first-order valence-corrected chi connectivity index (χ1v) is 7.46. The third-order valence-electron chi connectivity index (χ3n) is 3.99. The van der Waals surface area contributed by atoms with Crippen molar-refractivity contribution in [2.45, 2.75) is 19.6 Å². The maximum atomic E-state index is 10.3. The Morgan fingerprint density at radius 3 is 2.55 bits per heavy atom. The molecule has 22 heavy (non-hydrogen) atoms. The molecule has 0 spiro atoms. The van der Waals surface area contributed by atoms with Gasteiger partial charge in [-0.1, -0.05) is 30.3 Å². The zero-order valence-electron chi connectivity index (χ0n) is 12.9. The topological polar surface area (TPSA) is 38.3 Å². The number of fused-ring (bicyclic) bond motifs is 1. The lowest BCUT2D eigenvalue weighted by Gasteiger charge is -2.11. The minimum absolute atomic E-state index is 0.277. The van der Waals surface area contributed by atoms with Gasteiger partial charge in [0, 0.05) is 6.92 Å². The highest BCUT2D eigenvalue weighted by Crippen LogP contribution is 2.15. The second kappa shape index (κ2) is 6.20. The summed E-state index contributed by atoms with van der Waals surface area (Å²) < 4.78 is 9.90. The van der Waals surface area contributed by atoms with Gasteiger partial charge in [-0.2, -0.15) is 0 Å². The number of aryl methyl sites for hydroxylation is 1. The molecule has 0 radical (unpaired) electrons. The first-order chi connectivity index (χ1) is 10.7. The van der Waals surface area contributed by atoms with E-state index in [9.17, 15) is 5.11 Å². The van der Waals surface area contributed by atoms with E-state index < -0.39 is 6.10 Å². The lowest BCUT2D eigenvalue weighted by molar-refractivity contribution is -0.652. The molecule has 4 nitrogen and oxygen atoms in total. The van der Waals surface area contributed by atoms with E-state index in [1.807, 2.05) is 49.5 Å². The molecule has 3 aromatic rings. The molecule has 0 fully saturated rings. The van der Waals surface area contributed by atoms with E-state index in [0.717, 1.165) is 22.6 Å². The summed E-state index contributed by atoms with van der Waals surface area (Å²) in [6.07, 6.45) is -0.560. The Balaban J connectivity index is 1.74. The van der Waals surface area contributed by atoms with Crippen LogP contribution in [0.3, 0.4) is 0 Å². The Morgan fingerprint density at radius 2 is 1.77 bits per heavy atom. The van der Waals surface area contributed by atoms with Crippen LogP contribution in [0.1, 0.15) is 5.82 Å². The molecular formula is C18H21N2O2+. The highest BCUT2D eigenvalue weighted by molar-refractivity contribution is 5.72. The van der Waals surface area contributed by atoms with Crippen LogP contribution in [0.4, 0.5) is 0 Å². The van der Waals surface area contributed by atoms with Gasteiger partial charge in [-0.05, 0) is 24.3 Å². The van der Waals surface area contributed by atoms with Crippen LogP contribution < -0.4 is 9.30 Å². The van der Waals surface area contributed by atoms with E-state index >= 15 is 0 Å². The summed E-state index contributed by atoms with van der Waals surface area (Å²) in [5, 5.41) is 10.3. The zero-order valence-corrected chi connectivity index (χ0v) is 12.9. The molecule has 0 amide bonds. The lowest BCUT2D eigenvalue weighted by atomic mass is 10.3. The Labute approximate surface area is 130 Å². The van der Waals surface area contributed by atoms with Crippen molar-refractivity contribution in [1.82, 2.24) is 4.57 Å². The first kappa shape index (κ1) is 14.6. The average Bonchev–Trinajstić information content (AvgIpc) is 2.79. The number of imidazole rings is 1. The summed E-state index contributed by atoms with van der Waals surface area (Å²) >= 11 is 0. The van der Waals surface area contributed by atoms with Crippen LogP contribution in [0.2, 0.25) is 0 Å². The molecule has 0 aliphatic heterocycles. The fourth-order valence-electron chi connectivity index (χ4n) is 2.71. The standard InChI is InChI=1S/C18H21N2O2/c1-14-19(2)17-10-6-7-11-18(17)20(14)12-15(21)13-22-16-8-4-3-5-9-16/h3-11,15,21H,12-13H2,1-2H3/q+1/t15-/m1/s1. The maximum Gasteiger partial charge on any atom is 0.254 e. The number of hydrogen-bond donors (Lipinski definition) is 1. The molecule has 1 aromatic heterocycles. The number of hydrogen-bond acceptors (Lipinski definition) is 2. The number of aliphatic hydroxyl groups is 1. The molecule has 0 unspecified atom stereocenters. The van der Waals surface area contributed by atoms with E-state index in [1.165, 1.54) is 0 Å². The molecule has 3 rings (SSSR count). The highest BCUT2D eigenvalue weighted by atomic mass is 16.5. The van der Waals surface area contributed by atoms with Crippen LogP contribution in [0.5, 0.6) is 5.75 Å². The average molecular weight is 297 g/mol. The van der Waals surface area contributed by atoms with Crippen LogP contribution in [-0.4, -0.2) is 22.4 Å². The predicted octanol–water partition coefficient (Wildman–Crippen LogP) is 2.21. The molecule has 1 atom stereocenters. The molecule has 4 heteroatoms. The number of para-hydroxylation sites is 3. The van der Waals surface area contributed by atoms with Crippen molar-refractivity contribution >= 4 is 11.0 Å². The minimum atomic E-state index is -0.560. The number of rotatable bonds is 5. The second-order valence-corrected chi connectivity index (χ2v) is 5.48. The fraction of sp³-hybridized carbons (Fsp3) is 0.278. The molecule has 0 aliphatic rings. The molecular weight excluding hydrogens is 276 g/mol. The van der Waals surface area contributed by atoms with Gasteiger partial charge in [0.05, 0.1) is 7.05 Å². The van der Waals surface area contributed by atoms with Gasteiger partial charge in [0.1, 0.15) is 25.0 Å². The molecule has 0 aliphatic carbocycles. The van der Waals surface area contributed by atoms with Gasteiger partial charge in [-0.15, -0.1) is 0 Å². The van der Waals surface area contributed by atoms with Gasteiger partial charge in [0.15, 0.2) is 11.0 Å². The van der Waals surface area contributed by atoms with E-state index in [0.29, 0.717) is 6.54 Å². The van der Waals surface area contributed by atoms with Gasteiger partial charge in [-0.25, -0.2) is 9.13 Å². The van der Waals surface area contributed by atoms with E-state index in [-0.39, 0.29) is 6.61 Å². The molecule has 1 heterocycles. The van der Waals surface area contributed by atoms with Crippen molar-refractivity contribution in [2.24, 2.45) is 7.05 Å². The molecule has 2 aromatic carbocycles. The summed E-state index contributed by atoms with van der Waals surface area (Å²) in [6, 6.07) is 17.8. The Morgan fingerprint density at radius 1 is 1.09 bits per heavy atom. The molecule has 0 saturated carbocycles. The number of ether oxygens (including phenoxy) is 1. The monoisotopic (exact) mass is 297 g/mol. The summed E-state index contributed by atoms with van der Waals surface area (Å²) in [5.74, 6) is 1.89. The third-order valence-corrected chi connectivity index (χ3v) is 3.99. The smallest absolute Gasteiger partial charge is 0.254 e. The molecule has 0 bridgehead atoms. The van der Waals surface area contributed by atoms with Crippen LogP contribution in [0, 0.1) is 6.92 Å². The third kappa shape index (κ3) is 2.83. The molecule has 114 valence electrons. The van der Waals surface area contributed by atoms with Crippen molar-refractivity contribution in [3.63, 3.8) is 0 Å². The highest BCUT2D eigenvalue weighted by Gasteiger charge is 2.21. The van der Waals surface area contributed by atoms with Crippen LogP contribution in [0.25, 0.3) is 11.0 Å². The molecule has 1 N–H and O–H groups in total. The summed E-state index contributed by atoms with van der Waals surface area (Å²) in [7, 11) is 2.04. The number of aliphatic hydroxyl groups excluding tert-OH is 1.